The van der Waals surface area contributed by atoms with Crippen LogP contribution >= 0.6 is 0 Å². The Morgan fingerprint density at radius 2 is 1.87 bits per heavy atom. The largest absolute Gasteiger partial charge is 0.379 e. The van der Waals surface area contributed by atoms with Crippen LogP contribution in [0.4, 0.5) is 27.3 Å². The molecule has 8 heteroatoms. The zero-order chi connectivity index (χ0) is 21.6. The van der Waals surface area contributed by atoms with Crippen LogP contribution in [0.5, 0.6) is 0 Å². The maximum atomic E-state index is 13.4. The van der Waals surface area contributed by atoms with Gasteiger partial charge in [-0.25, -0.2) is 4.39 Å². The van der Waals surface area contributed by atoms with Crippen LogP contribution in [-0.4, -0.2) is 42.3 Å². The maximum absolute atomic E-state index is 13.4. The number of ketones is 1. The van der Waals surface area contributed by atoms with Gasteiger partial charge in [0, 0.05) is 44.0 Å². The Morgan fingerprint density at radius 3 is 2.58 bits per heavy atom. The van der Waals surface area contributed by atoms with Crippen LogP contribution in [0, 0.1) is 5.82 Å². The molecule has 0 radical (unpaired) electrons. The fourth-order valence-corrected chi connectivity index (χ4v) is 3.42. The normalized spacial score (nSPS) is 13.7. The number of morpholine rings is 1. The summed E-state index contributed by atoms with van der Waals surface area (Å²) in [5, 5.41) is 14.6. The van der Waals surface area contributed by atoms with E-state index in [0.29, 0.717) is 18.1 Å². The molecule has 0 spiro atoms. The van der Waals surface area contributed by atoms with Crippen molar-refractivity contribution >= 4 is 28.7 Å². The number of Topliss-reactive ketones (excluding diaryl/α,β-unsaturated/α-hetero) is 1. The predicted octanol–water partition coefficient (Wildman–Crippen LogP) is 4.01. The van der Waals surface area contributed by atoms with Gasteiger partial charge < -0.3 is 20.3 Å². The molecule has 2 heterocycles. The minimum atomic E-state index is -0.304. The fraction of sp³-hybridized carbons (Fsp3) is 0.261. The summed E-state index contributed by atoms with van der Waals surface area (Å²) < 4.78 is 18.8. The Bertz CT molecular complexity index is 1050. The van der Waals surface area contributed by atoms with E-state index in [4.69, 9.17) is 4.74 Å². The molecule has 1 aliphatic rings. The highest BCUT2D eigenvalue weighted by Crippen LogP contribution is 2.24. The first-order chi connectivity index (χ1) is 15.1. The number of carbonyl (C=O) groups excluding carboxylic acids is 1. The van der Waals surface area contributed by atoms with Gasteiger partial charge in [-0.05, 0) is 42.0 Å². The van der Waals surface area contributed by atoms with Gasteiger partial charge in [-0.1, -0.05) is 12.1 Å². The molecule has 0 aliphatic carbocycles. The molecule has 3 aromatic rings. The third-order valence-electron chi connectivity index (χ3n) is 5.02. The summed E-state index contributed by atoms with van der Waals surface area (Å²) in [6.45, 7) is 5.04. The van der Waals surface area contributed by atoms with Crippen LogP contribution in [0.15, 0.2) is 54.6 Å². The lowest BCUT2D eigenvalue weighted by Crippen LogP contribution is -2.36. The van der Waals surface area contributed by atoms with Crippen molar-refractivity contribution in [3.8, 4) is 0 Å². The number of nitrogens with one attached hydrogen (secondary N) is 2. The van der Waals surface area contributed by atoms with E-state index in [1.165, 1.54) is 19.1 Å². The lowest BCUT2D eigenvalue weighted by Gasteiger charge is -2.28. The average molecular weight is 421 g/mol. The number of ether oxygens (including phenoxy) is 1. The first-order valence-corrected chi connectivity index (χ1v) is 10.2. The Hall–Kier alpha value is -3.52. The first-order valence-electron chi connectivity index (χ1n) is 10.2. The summed E-state index contributed by atoms with van der Waals surface area (Å²) in [6, 6.07) is 16.1. The van der Waals surface area contributed by atoms with Gasteiger partial charge in [0.05, 0.1) is 18.9 Å². The summed E-state index contributed by atoms with van der Waals surface area (Å²) in [5.74, 6) is 0.00310. The molecule has 7 nitrogen and oxygen atoms in total. The molecular weight excluding hydrogens is 397 g/mol. The maximum Gasteiger partial charge on any atom is 0.182 e. The number of nitrogens with zero attached hydrogens (tertiary/aromatic N) is 3. The van der Waals surface area contributed by atoms with Crippen LogP contribution in [0.25, 0.3) is 0 Å². The van der Waals surface area contributed by atoms with Gasteiger partial charge in [-0.2, -0.15) is 0 Å². The molecule has 1 fully saturated rings. The lowest BCUT2D eigenvalue weighted by molar-refractivity contribution is 0.101. The van der Waals surface area contributed by atoms with Crippen molar-refractivity contribution in [1.82, 2.24) is 10.2 Å². The Morgan fingerprint density at radius 1 is 1.10 bits per heavy atom. The van der Waals surface area contributed by atoms with Gasteiger partial charge in [-0.3, -0.25) is 4.79 Å². The number of aromatic nitrogens is 2. The van der Waals surface area contributed by atoms with E-state index in [1.54, 1.807) is 12.1 Å². The lowest BCUT2D eigenvalue weighted by atomic mass is 10.2. The highest BCUT2D eigenvalue weighted by molar-refractivity contribution is 5.97. The molecule has 0 bridgehead atoms. The number of halogens is 1. The van der Waals surface area contributed by atoms with Crippen LogP contribution in [0.1, 0.15) is 23.0 Å². The van der Waals surface area contributed by atoms with Crippen molar-refractivity contribution in [2.75, 3.05) is 41.8 Å². The molecule has 1 saturated heterocycles. The van der Waals surface area contributed by atoms with Crippen molar-refractivity contribution in [3.05, 3.63) is 71.7 Å². The van der Waals surface area contributed by atoms with Crippen molar-refractivity contribution in [2.45, 2.75) is 13.5 Å². The third kappa shape index (κ3) is 5.35. The molecule has 0 amide bonds. The van der Waals surface area contributed by atoms with Gasteiger partial charge >= 0.3 is 0 Å². The zero-order valence-electron chi connectivity index (χ0n) is 17.3. The molecule has 1 aromatic heterocycles. The van der Waals surface area contributed by atoms with Crippen LogP contribution < -0.4 is 15.5 Å². The molecular formula is C23H24FN5O2. The summed E-state index contributed by atoms with van der Waals surface area (Å²) in [7, 11) is 0. The number of rotatable bonds is 7. The quantitative estimate of drug-likeness (QED) is 0.558. The van der Waals surface area contributed by atoms with Crippen LogP contribution in [-0.2, 0) is 11.3 Å². The average Bonchev–Trinajstić information content (AvgIpc) is 2.79. The monoisotopic (exact) mass is 421 g/mol. The number of anilines is 4. The standard InChI is InChI=1S/C23H24FN5O2/c1-16(30)23-21(25-15-17-3-2-4-18(24)13-17)14-22(27-28-23)26-19-5-7-20(8-6-19)29-9-11-31-12-10-29/h2-8,13-14H,9-12,15H2,1H3,(H2,25,26,27). The van der Waals surface area contributed by atoms with E-state index in [2.05, 4.69) is 25.7 Å². The summed E-state index contributed by atoms with van der Waals surface area (Å²) in [4.78, 5) is 14.2. The van der Waals surface area contributed by atoms with Gasteiger partial charge in [0.2, 0.25) is 0 Å². The molecule has 4 rings (SSSR count). The second-order valence-electron chi connectivity index (χ2n) is 7.30. The van der Waals surface area contributed by atoms with Gasteiger partial charge in [0.15, 0.2) is 17.3 Å². The number of hydrogen-bond acceptors (Lipinski definition) is 7. The van der Waals surface area contributed by atoms with Crippen molar-refractivity contribution in [1.29, 1.82) is 0 Å². The predicted molar refractivity (Wildman–Crippen MR) is 119 cm³/mol. The highest BCUT2D eigenvalue weighted by atomic mass is 19.1. The first kappa shape index (κ1) is 20.7. The van der Waals surface area contributed by atoms with Crippen molar-refractivity contribution < 1.29 is 13.9 Å². The Balaban J connectivity index is 1.48. The molecule has 1 aliphatic heterocycles. The summed E-state index contributed by atoms with van der Waals surface area (Å²) >= 11 is 0. The van der Waals surface area contributed by atoms with Crippen LogP contribution in [0.2, 0.25) is 0 Å². The van der Waals surface area contributed by atoms with E-state index in [-0.39, 0.29) is 17.3 Å². The smallest absolute Gasteiger partial charge is 0.182 e. The van der Waals surface area contributed by atoms with Gasteiger partial charge in [0.1, 0.15) is 5.82 Å². The van der Waals surface area contributed by atoms with E-state index >= 15 is 0 Å². The second-order valence-corrected chi connectivity index (χ2v) is 7.30. The fourth-order valence-electron chi connectivity index (χ4n) is 3.42. The molecule has 0 unspecified atom stereocenters. The van der Waals surface area contributed by atoms with E-state index in [0.717, 1.165) is 43.2 Å². The number of hydrogen-bond donors (Lipinski definition) is 2. The van der Waals surface area contributed by atoms with Crippen molar-refractivity contribution in [3.63, 3.8) is 0 Å². The topological polar surface area (TPSA) is 79.4 Å². The van der Waals surface area contributed by atoms with Gasteiger partial charge in [0.25, 0.3) is 0 Å². The Labute approximate surface area is 180 Å². The summed E-state index contributed by atoms with van der Waals surface area (Å²) in [6.07, 6.45) is 0. The van der Waals surface area contributed by atoms with E-state index < -0.39 is 0 Å². The van der Waals surface area contributed by atoms with Gasteiger partial charge in [-0.15, -0.1) is 10.2 Å². The molecule has 2 aromatic carbocycles. The molecule has 0 atom stereocenters. The Kier molecular flexibility index (Phi) is 6.37. The SMILES string of the molecule is CC(=O)c1nnc(Nc2ccc(N3CCOCC3)cc2)cc1NCc1cccc(F)c1. The van der Waals surface area contributed by atoms with Crippen molar-refractivity contribution in [2.24, 2.45) is 0 Å². The van der Waals surface area contributed by atoms with E-state index in [9.17, 15) is 9.18 Å². The summed E-state index contributed by atoms with van der Waals surface area (Å²) in [5.41, 5.74) is 3.55. The van der Waals surface area contributed by atoms with Crippen LogP contribution in [0.3, 0.4) is 0 Å². The minimum Gasteiger partial charge on any atom is -0.379 e. The van der Waals surface area contributed by atoms with E-state index in [1.807, 2.05) is 30.3 Å². The zero-order valence-corrected chi connectivity index (χ0v) is 17.3. The second kappa shape index (κ2) is 9.53. The third-order valence-corrected chi connectivity index (χ3v) is 5.02. The molecule has 31 heavy (non-hydrogen) atoms. The number of carbonyl (C=O) groups is 1. The molecule has 2 N–H and O–H groups in total. The molecule has 160 valence electrons. The highest BCUT2D eigenvalue weighted by Gasteiger charge is 2.13. The molecule has 0 saturated carbocycles. The minimum absolute atomic E-state index is 0.198. The number of benzene rings is 2.